The van der Waals surface area contributed by atoms with E-state index in [2.05, 4.69) is 60.5 Å². The van der Waals surface area contributed by atoms with Crippen molar-refractivity contribution in [3.8, 4) is 0 Å². The molecular weight excluding hydrogens is 557 g/mol. The Labute approximate surface area is 230 Å². The van der Waals surface area contributed by atoms with Crippen LogP contribution >= 0.6 is 17.0 Å². The summed E-state index contributed by atoms with van der Waals surface area (Å²) in [4.78, 5) is 17.7. The highest BCUT2D eigenvalue weighted by atomic mass is 79.9. The lowest BCUT2D eigenvalue weighted by Crippen LogP contribution is -2.32. The first-order valence-corrected chi connectivity index (χ1v) is 12.4. The maximum absolute atomic E-state index is 13.2. The average Bonchev–Trinajstić information content (AvgIpc) is 3.39. The summed E-state index contributed by atoms with van der Waals surface area (Å²) in [5.74, 6) is 0.297. The van der Waals surface area contributed by atoms with Gasteiger partial charge in [-0.2, -0.15) is 13.2 Å². The van der Waals surface area contributed by atoms with Gasteiger partial charge in [0.2, 0.25) is 0 Å². The van der Waals surface area contributed by atoms with Crippen molar-refractivity contribution < 1.29 is 13.2 Å². The molecule has 0 spiro atoms. The Morgan fingerprint density at radius 3 is 2.42 bits per heavy atom. The molecule has 1 aliphatic carbocycles. The molecule has 0 bridgehead atoms. The number of nitrogens with one attached hydrogen (secondary N) is 2. The topological polar surface area (TPSA) is 69.7 Å². The number of halogens is 4. The number of fused-ring (bicyclic) bond motifs is 1. The summed E-state index contributed by atoms with van der Waals surface area (Å²) < 4.78 is 39.5. The van der Waals surface area contributed by atoms with Crippen molar-refractivity contribution in [1.82, 2.24) is 30.2 Å². The van der Waals surface area contributed by atoms with Crippen molar-refractivity contribution in [1.29, 1.82) is 0 Å². The highest BCUT2D eigenvalue weighted by Gasteiger charge is 2.34. The fourth-order valence-electron chi connectivity index (χ4n) is 4.83. The molecule has 38 heavy (non-hydrogen) atoms. The Balaban J connectivity index is 0.00000336. The Kier molecular flexibility index (Phi) is 9.30. The van der Waals surface area contributed by atoms with Crippen molar-refractivity contribution in [2.24, 2.45) is 0 Å². The quantitative estimate of drug-likeness (QED) is 0.245. The number of aromatic nitrogens is 4. The molecule has 4 aromatic rings. The van der Waals surface area contributed by atoms with E-state index in [0.717, 1.165) is 48.0 Å². The number of rotatable bonds is 9. The molecule has 0 aliphatic heterocycles. The van der Waals surface area contributed by atoms with Crippen LogP contribution in [0, 0.1) is 0 Å². The molecule has 0 saturated heterocycles. The summed E-state index contributed by atoms with van der Waals surface area (Å²) in [5, 5.41) is 3.40. The summed E-state index contributed by atoms with van der Waals surface area (Å²) in [6.07, 6.45) is 2.86. The second-order valence-electron chi connectivity index (χ2n) is 9.34. The van der Waals surface area contributed by atoms with Crippen LogP contribution in [0.5, 0.6) is 0 Å². The number of hydrogen-bond acceptors (Lipinski definition) is 5. The monoisotopic (exact) mass is 586 g/mol. The molecule has 2 N–H and O–H groups in total. The zero-order chi connectivity index (χ0) is 25.7. The standard InChI is InChI=1S/C28H29F3N6.BrH/c29-28(30,31)25-17-35-26(36-25)19-37(24-8-3-5-22-6-4-14-34-27(22)24)18-21-11-9-20(10-12-21)15-32-16-23-7-1-2-13-33-23;/h1-2,4,6-7,9-14,17,24,32H,3,5,8,15-16,18-19H2,(H,35,36);1H. The van der Waals surface area contributed by atoms with E-state index in [1.807, 2.05) is 24.3 Å². The molecule has 0 fully saturated rings. The van der Waals surface area contributed by atoms with Crippen LogP contribution in [0.15, 0.2) is 73.2 Å². The molecule has 1 aliphatic rings. The van der Waals surface area contributed by atoms with Gasteiger partial charge in [-0.1, -0.05) is 36.4 Å². The van der Waals surface area contributed by atoms with Gasteiger partial charge in [-0.3, -0.25) is 14.9 Å². The number of alkyl halides is 3. The molecule has 0 amide bonds. The van der Waals surface area contributed by atoms with E-state index < -0.39 is 11.9 Å². The van der Waals surface area contributed by atoms with Gasteiger partial charge in [-0.25, -0.2) is 4.98 Å². The fraction of sp³-hybridized carbons (Fsp3) is 0.321. The highest BCUT2D eigenvalue weighted by molar-refractivity contribution is 8.93. The zero-order valence-corrected chi connectivity index (χ0v) is 22.5. The summed E-state index contributed by atoms with van der Waals surface area (Å²) in [6.45, 7) is 2.25. The van der Waals surface area contributed by atoms with Crippen molar-refractivity contribution in [2.45, 2.75) is 57.7 Å². The number of imidazole rings is 1. The summed E-state index contributed by atoms with van der Waals surface area (Å²) >= 11 is 0. The largest absolute Gasteiger partial charge is 0.432 e. The van der Waals surface area contributed by atoms with E-state index in [1.54, 1.807) is 12.4 Å². The van der Waals surface area contributed by atoms with Crippen LogP contribution in [0.4, 0.5) is 13.2 Å². The van der Waals surface area contributed by atoms with Gasteiger partial charge in [-0.05, 0) is 54.2 Å². The first-order valence-electron chi connectivity index (χ1n) is 12.4. The third kappa shape index (κ3) is 7.06. The average molecular weight is 587 g/mol. The van der Waals surface area contributed by atoms with Crippen molar-refractivity contribution in [2.75, 3.05) is 0 Å². The van der Waals surface area contributed by atoms with Crippen LogP contribution in [0.1, 0.15) is 58.5 Å². The van der Waals surface area contributed by atoms with Gasteiger partial charge in [0.05, 0.1) is 30.2 Å². The van der Waals surface area contributed by atoms with Gasteiger partial charge in [0.25, 0.3) is 0 Å². The molecule has 3 heterocycles. The van der Waals surface area contributed by atoms with Crippen molar-refractivity contribution in [3.05, 3.63) is 113 Å². The fourth-order valence-corrected chi connectivity index (χ4v) is 4.83. The highest BCUT2D eigenvalue weighted by Crippen LogP contribution is 2.35. The maximum Gasteiger partial charge on any atom is 0.432 e. The van der Waals surface area contributed by atoms with Gasteiger partial charge < -0.3 is 10.3 Å². The molecular formula is C28H30BrF3N6. The van der Waals surface area contributed by atoms with Crippen LogP contribution in [-0.2, 0) is 38.8 Å². The van der Waals surface area contributed by atoms with E-state index in [1.165, 1.54) is 5.56 Å². The summed E-state index contributed by atoms with van der Waals surface area (Å²) in [5.41, 5.74) is 4.60. The van der Waals surface area contributed by atoms with E-state index in [-0.39, 0.29) is 29.6 Å². The minimum atomic E-state index is -4.45. The van der Waals surface area contributed by atoms with Gasteiger partial charge in [0.15, 0.2) is 0 Å². The second-order valence-corrected chi connectivity index (χ2v) is 9.34. The van der Waals surface area contributed by atoms with Crippen molar-refractivity contribution >= 4 is 17.0 Å². The number of aryl methyl sites for hydroxylation is 1. The number of hydrogen-bond donors (Lipinski definition) is 2. The molecule has 3 aromatic heterocycles. The predicted octanol–water partition coefficient (Wildman–Crippen LogP) is 6.17. The minimum Gasteiger partial charge on any atom is -0.337 e. The van der Waals surface area contributed by atoms with Crippen LogP contribution < -0.4 is 5.32 Å². The SMILES string of the molecule is Br.FC(F)(F)c1cnc(CN(Cc2ccc(CNCc3ccccn3)cc2)C2CCCc3cccnc32)[nH]1. The van der Waals surface area contributed by atoms with E-state index >= 15 is 0 Å². The molecule has 200 valence electrons. The van der Waals surface area contributed by atoms with Crippen LogP contribution in [0.25, 0.3) is 0 Å². The van der Waals surface area contributed by atoms with E-state index in [4.69, 9.17) is 0 Å². The second kappa shape index (κ2) is 12.6. The van der Waals surface area contributed by atoms with Gasteiger partial charge in [-0.15, -0.1) is 17.0 Å². The van der Waals surface area contributed by atoms with E-state index in [9.17, 15) is 13.2 Å². The Morgan fingerprint density at radius 1 is 0.895 bits per heavy atom. The molecule has 6 nitrogen and oxygen atoms in total. The lowest BCUT2D eigenvalue weighted by atomic mass is 9.90. The number of nitrogens with zero attached hydrogens (tertiary/aromatic N) is 4. The number of H-pyrrole nitrogens is 1. The van der Waals surface area contributed by atoms with Crippen LogP contribution in [-0.4, -0.2) is 24.8 Å². The zero-order valence-electron chi connectivity index (χ0n) is 20.8. The summed E-state index contributed by atoms with van der Waals surface area (Å²) in [7, 11) is 0. The third-order valence-corrected chi connectivity index (χ3v) is 6.66. The van der Waals surface area contributed by atoms with Crippen LogP contribution in [0.3, 0.4) is 0 Å². The lowest BCUT2D eigenvalue weighted by Gasteiger charge is -2.34. The normalized spacial score (nSPS) is 15.2. The molecule has 0 saturated carbocycles. The van der Waals surface area contributed by atoms with E-state index in [0.29, 0.717) is 25.5 Å². The molecule has 1 unspecified atom stereocenters. The van der Waals surface area contributed by atoms with Crippen LogP contribution in [0.2, 0.25) is 0 Å². The molecule has 1 atom stereocenters. The molecule has 0 radical (unpaired) electrons. The van der Waals surface area contributed by atoms with Crippen molar-refractivity contribution in [3.63, 3.8) is 0 Å². The Morgan fingerprint density at radius 2 is 1.68 bits per heavy atom. The Bertz CT molecular complexity index is 1290. The summed E-state index contributed by atoms with van der Waals surface area (Å²) in [6, 6.07) is 18.2. The van der Waals surface area contributed by atoms with Gasteiger partial charge in [0.1, 0.15) is 11.5 Å². The smallest absolute Gasteiger partial charge is 0.337 e. The number of pyridine rings is 2. The molecule has 1 aromatic carbocycles. The maximum atomic E-state index is 13.2. The first-order chi connectivity index (χ1) is 18.0. The number of aromatic amines is 1. The first kappa shape index (κ1) is 27.9. The van der Waals surface area contributed by atoms with Gasteiger partial charge in [0, 0.05) is 32.0 Å². The molecule has 5 rings (SSSR count). The molecule has 10 heteroatoms. The predicted molar refractivity (Wildman–Crippen MR) is 144 cm³/mol. The lowest BCUT2D eigenvalue weighted by molar-refractivity contribution is -0.141. The number of benzene rings is 1. The third-order valence-electron chi connectivity index (χ3n) is 6.66. The van der Waals surface area contributed by atoms with Gasteiger partial charge >= 0.3 is 6.18 Å². The Hall–Kier alpha value is -3.08. The minimum absolute atomic E-state index is 0.